The predicted octanol–water partition coefficient (Wildman–Crippen LogP) is 5.37. The van der Waals surface area contributed by atoms with Crippen LogP contribution >= 0.6 is 0 Å². The second-order valence-corrected chi connectivity index (χ2v) is 8.29. The van der Waals surface area contributed by atoms with Crippen LogP contribution in [-0.4, -0.2) is 21.7 Å². The van der Waals surface area contributed by atoms with Crippen molar-refractivity contribution in [1.29, 1.82) is 0 Å². The van der Waals surface area contributed by atoms with Crippen molar-refractivity contribution in [1.82, 2.24) is 9.78 Å². The van der Waals surface area contributed by atoms with Gasteiger partial charge in [0.05, 0.1) is 5.69 Å². The molecule has 2 aliphatic carbocycles. The average Bonchev–Trinajstić information content (AvgIpc) is 3.14. The summed E-state index contributed by atoms with van der Waals surface area (Å²) in [5.74, 6) is 0.215. The summed E-state index contributed by atoms with van der Waals surface area (Å²) < 4.78 is 15.2. The Morgan fingerprint density at radius 2 is 1.84 bits per heavy atom. The molecule has 5 rings (SSSR count). The zero-order chi connectivity index (χ0) is 21.4. The molecule has 1 saturated carbocycles. The first kappa shape index (κ1) is 19.5. The molecule has 0 aliphatic heterocycles. The Kier molecular flexibility index (Phi) is 4.81. The molecule has 5 heteroatoms. The maximum absolute atomic E-state index is 13.7. The quantitative estimate of drug-likeness (QED) is 0.572. The van der Waals surface area contributed by atoms with E-state index in [9.17, 15) is 9.18 Å². The van der Waals surface area contributed by atoms with Crippen LogP contribution in [0.1, 0.15) is 46.4 Å². The van der Waals surface area contributed by atoms with E-state index in [1.165, 1.54) is 29.3 Å². The van der Waals surface area contributed by atoms with E-state index in [0.29, 0.717) is 12.5 Å². The van der Waals surface area contributed by atoms with E-state index in [-0.39, 0.29) is 11.7 Å². The zero-order valence-corrected chi connectivity index (χ0v) is 17.2. The summed E-state index contributed by atoms with van der Waals surface area (Å²) in [6.07, 6.45) is 9.48. The number of halogens is 1. The number of hydrogen-bond donors (Lipinski definition) is 1. The van der Waals surface area contributed by atoms with E-state index in [0.717, 1.165) is 41.0 Å². The van der Waals surface area contributed by atoms with Gasteiger partial charge in [-0.2, -0.15) is 4.68 Å². The highest BCUT2D eigenvalue weighted by atomic mass is 19.1. The third kappa shape index (κ3) is 3.30. The van der Waals surface area contributed by atoms with Crippen molar-refractivity contribution in [3.05, 3.63) is 102 Å². The number of hydrogen-bond acceptors (Lipinski definition) is 3. The van der Waals surface area contributed by atoms with Crippen molar-refractivity contribution in [3.8, 4) is 0 Å². The van der Waals surface area contributed by atoms with Crippen molar-refractivity contribution >= 4 is 17.8 Å². The first-order valence-corrected chi connectivity index (χ1v) is 10.7. The molecule has 0 spiro atoms. The number of nitrogens with zero attached hydrogens (tertiary/aromatic N) is 2. The van der Waals surface area contributed by atoms with Crippen LogP contribution < -0.4 is 5.32 Å². The number of nitrogens with one attached hydrogen (secondary N) is 1. The summed E-state index contributed by atoms with van der Waals surface area (Å²) in [7, 11) is 0. The second-order valence-electron chi connectivity index (χ2n) is 8.29. The number of rotatable bonds is 5. The van der Waals surface area contributed by atoms with Crippen LogP contribution in [0, 0.1) is 5.82 Å². The second kappa shape index (κ2) is 7.65. The number of fused-ring (bicyclic) bond motifs is 1. The van der Waals surface area contributed by atoms with Gasteiger partial charge in [-0.25, -0.2) is 4.39 Å². The van der Waals surface area contributed by atoms with Crippen molar-refractivity contribution < 1.29 is 9.18 Å². The van der Waals surface area contributed by atoms with Crippen LogP contribution in [0.15, 0.2) is 73.3 Å². The van der Waals surface area contributed by atoms with E-state index in [1.54, 1.807) is 0 Å². The lowest BCUT2D eigenvalue weighted by atomic mass is 9.68. The van der Waals surface area contributed by atoms with Crippen LogP contribution in [0.5, 0.6) is 0 Å². The van der Waals surface area contributed by atoms with Crippen molar-refractivity contribution in [2.45, 2.75) is 37.1 Å². The summed E-state index contributed by atoms with van der Waals surface area (Å²) >= 11 is 0. The van der Waals surface area contributed by atoms with Gasteiger partial charge < -0.3 is 5.32 Å². The topological polar surface area (TPSA) is 46.9 Å². The van der Waals surface area contributed by atoms with Gasteiger partial charge in [-0.3, -0.25) is 4.79 Å². The number of anilines is 1. The minimum Gasteiger partial charge on any atom is -0.365 e. The molecule has 3 aromatic rings. The summed E-state index contributed by atoms with van der Waals surface area (Å²) in [6.45, 7) is 3.66. The van der Waals surface area contributed by atoms with Crippen molar-refractivity contribution in [2.75, 3.05) is 5.32 Å². The molecule has 1 fully saturated rings. The van der Waals surface area contributed by atoms with Gasteiger partial charge in [-0.05, 0) is 48.6 Å². The molecule has 1 aromatic heterocycles. The average molecular weight is 413 g/mol. The SMILES string of the molecule is C=CC(=O)n1nc(NC2CCC2)c2c1CC(c1ccccc1)(c1ccc(F)cc1)C=C2. The smallest absolute Gasteiger partial charge is 0.270 e. The zero-order valence-electron chi connectivity index (χ0n) is 17.2. The Hall–Kier alpha value is -3.47. The Bertz CT molecular complexity index is 1160. The Labute approximate surface area is 181 Å². The lowest BCUT2D eigenvalue weighted by molar-refractivity contribution is 0.0950. The monoisotopic (exact) mass is 413 g/mol. The highest BCUT2D eigenvalue weighted by molar-refractivity contribution is 5.91. The highest BCUT2D eigenvalue weighted by Crippen LogP contribution is 2.43. The Balaban J connectivity index is 1.66. The molecule has 2 aromatic carbocycles. The van der Waals surface area contributed by atoms with Gasteiger partial charge in [0.25, 0.3) is 5.91 Å². The molecule has 0 bridgehead atoms. The summed E-state index contributed by atoms with van der Waals surface area (Å²) in [6, 6.07) is 17.1. The van der Waals surface area contributed by atoms with E-state index in [4.69, 9.17) is 0 Å². The van der Waals surface area contributed by atoms with Gasteiger partial charge in [-0.15, -0.1) is 5.10 Å². The highest BCUT2D eigenvalue weighted by Gasteiger charge is 2.38. The van der Waals surface area contributed by atoms with Crippen LogP contribution in [-0.2, 0) is 11.8 Å². The van der Waals surface area contributed by atoms with Gasteiger partial charge >= 0.3 is 0 Å². The molecule has 1 atom stereocenters. The normalized spacial score (nSPS) is 20.0. The van der Waals surface area contributed by atoms with E-state index >= 15 is 0 Å². The summed E-state index contributed by atoms with van der Waals surface area (Å²) in [4.78, 5) is 12.7. The lowest BCUT2D eigenvalue weighted by Gasteiger charge is -2.35. The Morgan fingerprint density at radius 1 is 1.13 bits per heavy atom. The molecule has 0 radical (unpaired) electrons. The first-order valence-electron chi connectivity index (χ1n) is 10.7. The third-order valence-corrected chi connectivity index (χ3v) is 6.48. The molecule has 31 heavy (non-hydrogen) atoms. The molecule has 0 saturated heterocycles. The molecule has 2 aliphatic rings. The van der Waals surface area contributed by atoms with Crippen LogP contribution in [0.2, 0.25) is 0 Å². The number of carbonyl (C=O) groups excluding carboxylic acids is 1. The molecule has 1 unspecified atom stereocenters. The Morgan fingerprint density at radius 3 is 2.48 bits per heavy atom. The number of carbonyl (C=O) groups is 1. The van der Waals surface area contributed by atoms with Crippen molar-refractivity contribution in [2.24, 2.45) is 0 Å². The minimum absolute atomic E-state index is 0.255. The predicted molar refractivity (Wildman–Crippen MR) is 121 cm³/mol. The largest absolute Gasteiger partial charge is 0.365 e. The van der Waals surface area contributed by atoms with Gasteiger partial charge in [0, 0.05) is 23.4 Å². The standard InChI is InChI=1S/C26H24FN3O/c1-2-24(31)30-23-17-26(18-7-4-3-5-8-18,19-11-13-20(27)14-12-19)16-15-22(23)25(29-30)28-21-9-6-10-21/h2-5,7-8,11-16,21H,1,6,9-10,17H2,(H,28,29). The van der Waals surface area contributed by atoms with E-state index < -0.39 is 5.41 Å². The van der Waals surface area contributed by atoms with Crippen LogP contribution in [0.4, 0.5) is 10.2 Å². The molecule has 0 amide bonds. The lowest BCUT2D eigenvalue weighted by Crippen LogP contribution is -2.32. The summed E-state index contributed by atoms with van der Waals surface area (Å²) in [5.41, 5.74) is 3.29. The van der Waals surface area contributed by atoms with Gasteiger partial charge in [0.15, 0.2) is 5.82 Å². The molecular formula is C26H24FN3O. The van der Waals surface area contributed by atoms with E-state index in [1.807, 2.05) is 30.3 Å². The fraction of sp³-hybridized carbons (Fsp3) is 0.231. The molecule has 1 heterocycles. The van der Waals surface area contributed by atoms with Crippen LogP contribution in [0.25, 0.3) is 6.08 Å². The van der Waals surface area contributed by atoms with E-state index in [2.05, 4.69) is 41.3 Å². The van der Waals surface area contributed by atoms with Gasteiger partial charge in [-0.1, -0.05) is 61.2 Å². The fourth-order valence-corrected chi connectivity index (χ4v) is 4.53. The van der Waals surface area contributed by atoms with Crippen molar-refractivity contribution in [3.63, 3.8) is 0 Å². The van der Waals surface area contributed by atoms with Gasteiger partial charge in [0.1, 0.15) is 5.82 Å². The molecule has 4 nitrogen and oxygen atoms in total. The maximum Gasteiger partial charge on any atom is 0.270 e. The number of aromatic nitrogens is 2. The minimum atomic E-state index is -0.533. The molecular weight excluding hydrogens is 389 g/mol. The fourth-order valence-electron chi connectivity index (χ4n) is 4.53. The third-order valence-electron chi connectivity index (χ3n) is 6.48. The molecule has 1 N–H and O–H groups in total. The van der Waals surface area contributed by atoms with Crippen LogP contribution in [0.3, 0.4) is 0 Å². The number of benzene rings is 2. The first-order chi connectivity index (χ1) is 15.1. The maximum atomic E-state index is 13.7. The summed E-state index contributed by atoms with van der Waals surface area (Å²) in [5, 5.41) is 8.13. The number of allylic oxidation sites excluding steroid dienone is 2. The van der Waals surface area contributed by atoms with Gasteiger partial charge in [0.2, 0.25) is 0 Å². The molecule has 156 valence electrons.